The highest BCUT2D eigenvalue weighted by molar-refractivity contribution is 5.76. The fraction of sp³-hybridized carbons (Fsp3) is 0.500. The summed E-state index contributed by atoms with van der Waals surface area (Å²) in [6, 6.07) is 4.14. The summed E-state index contributed by atoms with van der Waals surface area (Å²) in [5, 5.41) is 22.3. The van der Waals surface area contributed by atoms with Crippen LogP contribution in [-0.2, 0) is 16.1 Å². The zero-order valence-corrected chi connectivity index (χ0v) is 11.5. The number of aromatic hydroxyl groups is 2. The number of nitrogens with zero attached hydrogens (tertiary/aromatic N) is 1. The van der Waals surface area contributed by atoms with Crippen LogP contribution in [0.3, 0.4) is 0 Å². The second-order valence-electron chi connectivity index (χ2n) is 4.76. The van der Waals surface area contributed by atoms with Crippen molar-refractivity contribution in [3.05, 3.63) is 23.8 Å². The number of phenols is 2. The minimum absolute atomic E-state index is 0.0218. The molecule has 6 nitrogen and oxygen atoms in total. The van der Waals surface area contributed by atoms with E-state index in [0.717, 1.165) is 6.54 Å². The third kappa shape index (κ3) is 3.40. The summed E-state index contributed by atoms with van der Waals surface area (Å²) < 4.78 is 5.08. The Hall–Kier alpha value is -1.79. The fourth-order valence-corrected chi connectivity index (χ4v) is 2.31. The maximum atomic E-state index is 11.9. The summed E-state index contributed by atoms with van der Waals surface area (Å²) in [5.41, 5.74) is 0.680. The quantitative estimate of drug-likeness (QED) is 0.694. The van der Waals surface area contributed by atoms with Crippen LogP contribution < -0.4 is 5.32 Å². The first kappa shape index (κ1) is 14.6. The van der Waals surface area contributed by atoms with Gasteiger partial charge in [0.15, 0.2) is 0 Å². The van der Waals surface area contributed by atoms with Gasteiger partial charge in [-0.3, -0.25) is 9.69 Å². The molecule has 1 heterocycles. The van der Waals surface area contributed by atoms with Crippen LogP contribution in [0.1, 0.15) is 12.5 Å². The zero-order chi connectivity index (χ0) is 14.5. The van der Waals surface area contributed by atoms with Gasteiger partial charge in [0.05, 0.1) is 6.61 Å². The van der Waals surface area contributed by atoms with Crippen molar-refractivity contribution < 1.29 is 19.7 Å². The second-order valence-corrected chi connectivity index (χ2v) is 4.76. The number of ether oxygens (including phenoxy) is 1. The normalized spacial score (nSPS) is 19.8. The van der Waals surface area contributed by atoms with E-state index < -0.39 is 0 Å². The number of piperazine rings is 1. The molecule has 2 rings (SSSR count). The van der Waals surface area contributed by atoms with Crippen molar-refractivity contribution in [1.82, 2.24) is 10.2 Å². The molecule has 1 aromatic carbocycles. The average molecular weight is 280 g/mol. The van der Waals surface area contributed by atoms with Crippen LogP contribution in [0.25, 0.3) is 0 Å². The van der Waals surface area contributed by atoms with Crippen LogP contribution in [0.15, 0.2) is 18.2 Å². The molecule has 0 aliphatic carbocycles. The molecule has 1 aliphatic heterocycles. The maximum absolute atomic E-state index is 11.9. The average Bonchev–Trinajstić information content (AvgIpc) is 2.43. The van der Waals surface area contributed by atoms with Crippen molar-refractivity contribution in [2.24, 2.45) is 0 Å². The Kier molecular flexibility index (Phi) is 4.81. The molecule has 0 aromatic heterocycles. The molecule has 1 unspecified atom stereocenters. The van der Waals surface area contributed by atoms with E-state index in [-0.39, 0.29) is 23.5 Å². The molecule has 1 aromatic rings. The number of hydrogen-bond donors (Lipinski definition) is 3. The molecule has 0 saturated carbocycles. The summed E-state index contributed by atoms with van der Waals surface area (Å²) >= 11 is 0. The molecule has 6 heteroatoms. The van der Waals surface area contributed by atoms with E-state index in [9.17, 15) is 15.0 Å². The Labute approximate surface area is 118 Å². The van der Waals surface area contributed by atoms with Crippen LogP contribution in [0.4, 0.5) is 0 Å². The molecule has 0 radical (unpaired) electrons. The number of nitrogens with one attached hydrogen (secondary N) is 1. The van der Waals surface area contributed by atoms with Gasteiger partial charge in [0.1, 0.15) is 17.5 Å². The summed E-state index contributed by atoms with van der Waals surface area (Å²) in [7, 11) is 0. The van der Waals surface area contributed by atoms with Crippen LogP contribution in [0.5, 0.6) is 11.5 Å². The molecule has 110 valence electrons. The van der Waals surface area contributed by atoms with Crippen molar-refractivity contribution in [1.29, 1.82) is 0 Å². The third-order valence-corrected chi connectivity index (χ3v) is 3.36. The molecule has 0 spiro atoms. The van der Waals surface area contributed by atoms with Gasteiger partial charge in [0.2, 0.25) is 0 Å². The molecular weight excluding hydrogens is 260 g/mol. The van der Waals surface area contributed by atoms with Crippen LogP contribution in [0.2, 0.25) is 0 Å². The minimum atomic E-state index is -0.350. The third-order valence-electron chi connectivity index (χ3n) is 3.36. The van der Waals surface area contributed by atoms with E-state index in [1.807, 2.05) is 4.90 Å². The second kappa shape index (κ2) is 6.58. The molecule has 1 atom stereocenters. The van der Waals surface area contributed by atoms with Crippen molar-refractivity contribution in [2.75, 3.05) is 26.2 Å². The van der Waals surface area contributed by atoms with E-state index in [1.54, 1.807) is 13.0 Å². The van der Waals surface area contributed by atoms with Crippen molar-refractivity contribution in [2.45, 2.75) is 19.5 Å². The molecular formula is C14H20N2O4. The Morgan fingerprint density at radius 1 is 1.50 bits per heavy atom. The summed E-state index contributed by atoms with van der Waals surface area (Å²) in [6.07, 6.45) is 0. The van der Waals surface area contributed by atoms with Gasteiger partial charge in [-0.05, 0) is 13.0 Å². The molecule has 20 heavy (non-hydrogen) atoms. The summed E-state index contributed by atoms with van der Waals surface area (Å²) in [6.45, 7) is 4.60. The molecule has 0 amide bonds. The predicted octanol–water partition coefficient (Wildman–Crippen LogP) is 0.435. The largest absolute Gasteiger partial charge is 0.508 e. The molecule has 1 aliphatic rings. The lowest BCUT2D eigenvalue weighted by atomic mass is 10.1. The first-order chi connectivity index (χ1) is 9.61. The SMILES string of the molecule is CCOC(=O)C1CNCCN1Cc1ccc(O)cc1O. The number of phenolic OH excluding ortho intramolecular Hbond substituents is 2. The van der Waals surface area contributed by atoms with Gasteiger partial charge in [-0.25, -0.2) is 0 Å². The van der Waals surface area contributed by atoms with Gasteiger partial charge in [-0.1, -0.05) is 6.07 Å². The van der Waals surface area contributed by atoms with Gasteiger partial charge in [-0.15, -0.1) is 0 Å². The lowest BCUT2D eigenvalue weighted by Crippen LogP contribution is -2.54. The molecule has 1 saturated heterocycles. The van der Waals surface area contributed by atoms with E-state index in [1.165, 1.54) is 12.1 Å². The number of benzene rings is 1. The van der Waals surface area contributed by atoms with Gasteiger partial charge >= 0.3 is 5.97 Å². The van der Waals surface area contributed by atoms with E-state index in [4.69, 9.17) is 4.74 Å². The Bertz CT molecular complexity index is 478. The number of rotatable bonds is 4. The molecule has 3 N–H and O–H groups in total. The standard InChI is InChI=1S/C14H20N2O4/c1-2-20-14(19)12-8-15-5-6-16(12)9-10-3-4-11(17)7-13(10)18/h3-4,7,12,15,17-18H,2,5-6,8-9H2,1H3. The van der Waals surface area contributed by atoms with E-state index in [0.29, 0.717) is 31.8 Å². The van der Waals surface area contributed by atoms with Crippen LogP contribution >= 0.6 is 0 Å². The van der Waals surface area contributed by atoms with Crippen molar-refractivity contribution >= 4 is 5.97 Å². The smallest absolute Gasteiger partial charge is 0.324 e. The van der Waals surface area contributed by atoms with E-state index in [2.05, 4.69) is 5.32 Å². The monoisotopic (exact) mass is 280 g/mol. The fourth-order valence-electron chi connectivity index (χ4n) is 2.31. The highest BCUT2D eigenvalue weighted by atomic mass is 16.5. The Morgan fingerprint density at radius 2 is 2.30 bits per heavy atom. The lowest BCUT2D eigenvalue weighted by molar-refractivity contribution is -0.150. The first-order valence-corrected chi connectivity index (χ1v) is 6.74. The summed E-state index contributed by atoms with van der Waals surface area (Å²) in [4.78, 5) is 13.9. The lowest BCUT2D eigenvalue weighted by Gasteiger charge is -2.34. The van der Waals surface area contributed by atoms with Gasteiger partial charge < -0.3 is 20.3 Å². The maximum Gasteiger partial charge on any atom is 0.324 e. The van der Waals surface area contributed by atoms with Gasteiger partial charge in [0, 0.05) is 37.8 Å². The Balaban J connectivity index is 2.10. The molecule has 0 bridgehead atoms. The van der Waals surface area contributed by atoms with Gasteiger partial charge in [0.25, 0.3) is 0 Å². The number of carbonyl (C=O) groups excluding carboxylic acids is 1. The van der Waals surface area contributed by atoms with Crippen molar-refractivity contribution in [3.63, 3.8) is 0 Å². The number of hydrogen-bond acceptors (Lipinski definition) is 6. The predicted molar refractivity (Wildman–Crippen MR) is 73.5 cm³/mol. The highest BCUT2D eigenvalue weighted by Crippen LogP contribution is 2.24. The zero-order valence-electron chi connectivity index (χ0n) is 11.5. The first-order valence-electron chi connectivity index (χ1n) is 6.74. The van der Waals surface area contributed by atoms with Crippen LogP contribution in [0, 0.1) is 0 Å². The minimum Gasteiger partial charge on any atom is -0.508 e. The number of carbonyl (C=O) groups is 1. The number of esters is 1. The topological polar surface area (TPSA) is 82.0 Å². The highest BCUT2D eigenvalue weighted by Gasteiger charge is 2.30. The van der Waals surface area contributed by atoms with Crippen molar-refractivity contribution in [3.8, 4) is 11.5 Å². The molecule has 1 fully saturated rings. The summed E-state index contributed by atoms with van der Waals surface area (Å²) in [5.74, 6) is -0.197. The van der Waals surface area contributed by atoms with Gasteiger partial charge in [-0.2, -0.15) is 0 Å². The van der Waals surface area contributed by atoms with E-state index >= 15 is 0 Å². The van der Waals surface area contributed by atoms with Crippen LogP contribution in [-0.4, -0.2) is 53.4 Å². The Morgan fingerprint density at radius 3 is 3.00 bits per heavy atom.